The number of rotatable bonds is 10. The van der Waals surface area contributed by atoms with Gasteiger partial charge in [-0.15, -0.1) is 0 Å². The molecule has 1 aromatic rings. The van der Waals surface area contributed by atoms with Gasteiger partial charge in [-0.3, -0.25) is 4.98 Å². The summed E-state index contributed by atoms with van der Waals surface area (Å²) in [4.78, 5) is 4.08. The summed E-state index contributed by atoms with van der Waals surface area (Å²) in [6.07, 6.45) is 4.06. The summed E-state index contributed by atoms with van der Waals surface area (Å²) in [7, 11) is -6.78. The zero-order chi connectivity index (χ0) is 16.6. The van der Waals surface area contributed by atoms with Crippen molar-refractivity contribution in [1.82, 2.24) is 14.0 Å². The minimum absolute atomic E-state index is 0.0476. The molecular weight excluding hydrogens is 326 g/mol. The molecule has 0 saturated heterocycles. The molecule has 22 heavy (non-hydrogen) atoms. The zero-order valence-electron chi connectivity index (χ0n) is 12.9. The first-order valence-corrected chi connectivity index (χ1v) is 10.6. The molecule has 0 aliphatic rings. The van der Waals surface area contributed by atoms with Crippen molar-refractivity contribution in [2.45, 2.75) is 26.3 Å². The summed E-state index contributed by atoms with van der Waals surface area (Å²) in [5.74, 6) is 0.0582. The van der Waals surface area contributed by atoms with E-state index in [9.17, 15) is 16.8 Å². The van der Waals surface area contributed by atoms with Crippen LogP contribution in [-0.4, -0.2) is 51.2 Å². The van der Waals surface area contributed by atoms with Gasteiger partial charge < -0.3 is 0 Å². The van der Waals surface area contributed by atoms with E-state index in [2.05, 4.69) is 9.71 Å². The van der Waals surface area contributed by atoms with Gasteiger partial charge in [0.15, 0.2) is 0 Å². The lowest BCUT2D eigenvalue weighted by atomic mass is 10.3. The molecule has 7 nitrogen and oxygen atoms in total. The Morgan fingerprint density at radius 3 is 2.50 bits per heavy atom. The fourth-order valence-corrected chi connectivity index (χ4v) is 3.77. The van der Waals surface area contributed by atoms with Crippen molar-refractivity contribution in [2.24, 2.45) is 0 Å². The average molecular weight is 349 g/mol. The quantitative estimate of drug-likeness (QED) is 0.666. The van der Waals surface area contributed by atoms with E-state index in [1.807, 2.05) is 6.92 Å². The third-order valence-corrected chi connectivity index (χ3v) is 5.70. The Hall–Kier alpha value is -1.03. The lowest BCUT2D eigenvalue weighted by molar-refractivity contribution is 0.408. The van der Waals surface area contributed by atoms with E-state index >= 15 is 0 Å². The Bertz CT molecular complexity index is 645. The van der Waals surface area contributed by atoms with Crippen LogP contribution < -0.4 is 4.72 Å². The first-order valence-electron chi connectivity index (χ1n) is 7.07. The van der Waals surface area contributed by atoms with Crippen LogP contribution in [0.4, 0.5) is 0 Å². The topological polar surface area (TPSA) is 96.4 Å². The van der Waals surface area contributed by atoms with Crippen LogP contribution in [0.25, 0.3) is 0 Å². The molecule has 0 aromatic carbocycles. The fraction of sp³-hybridized carbons (Fsp3) is 0.615. The van der Waals surface area contributed by atoms with Crippen molar-refractivity contribution >= 4 is 20.0 Å². The molecule has 1 N–H and O–H groups in total. The summed E-state index contributed by atoms with van der Waals surface area (Å²) in [5, 5.41) is 0. The summed E-state index contributed by atoms with van der Waals surface area (Å²) in [5.41, 5.74) is 0.613. The second-order valence-electron chi connectivity index (χ2n) is 4.98. The minimum Gasteiger partial charge on any atom is -0.260 e. The number of pyridine rings is 1. The molecule has 0 aliphatic heterocycles. The molecular formula is C13H23N3O4S2. The lowest BCUT2D eigenvalue weighted by Crippen LogP contribution is -2.38. The first kappa shape index (κ1) is 19.0. The van der Waals surface area contributed by atoms with Gasteiger partial charge in [0.2, 0.25) is 20.0 Å². The Balaban J connectivity index is 2.61. The van der Waals surface area contributed by atoms with Gasteiger partial charge in [0.05, 0.1) is 24.2 Å². The maximum atomic E-state index is 11.8. The number of sulfonamides is 2. The molecule has 0 aliphatic carbocycles. The van der Waals surface area contributed by atoms with Gasteiger partial charge in [-0.2, -0.15) is 4.31 Å². The Labute approximate surface area is 132 Å². The fourth-order valence-electron chi connectivity index (χ4n) is 1.77. The van der Waals surface area contributed by atoms with Crippen molar-refractivity contribution in [1.29, 1.82) is 0 Å². The van der Waals surface area contributed by atoms with Gasteiger partial charge in [0.1, 0.15) is 0 Å². The molecule has 0 spiro atoms. The highest BCUT2D eigenvalue weighted by atomic mass is 32.2. The molecule has 126 valence electrons. The van der Waals surface area contributed by atoms with Crippen molar-refractivity contribution in [2.75, 3.05) is 25.1 Å². The maximum absolute atomic E-state index is 11.8. The normalized spacial score (nSPS) is 12.7. The molecule has 1 aromatic heterocycles. The summed E-state index contributed by atoms with van der Waals surface area (Å²) >= 11 is 0. The predicted molar refractivity (Wildman–Crippen MR) is 86.2 cm³/mol. The van der Waals surface area contributed by atoms with Crippen LogP contribution in [0, 0.1) is 0 Å². The van der Waals surface area contributed by atoms with Gasteiger partial charge >= 0.3 is 0 Å². The molecule has 0 fully saturated rings. The second kappa shape index (κ2) is 8.56. The minimum atomic E-state index is -3.44. The van der Waals surface area contributed by atoms with E-state index in [0.717, 1.165) is 12.7 Å². The largest absolute Gasteiger partial charge is 0.260 e. The van der Waals surface area contributed by atoms with Crippen molar-refractivity contribution in [3.8, 4) is 0 Å². The highest BCUT2D eigenvalue weighted by Gasteiger charge is 2.18. The molecule has 1 heterocycles. The molecule has 0 saturated carbocycles. The zero-order valence-corrected chi connectivity index (χ0v) is 14.5. The highest BCUT2D eigenvalue weighted by Crippen LogP contribution is 2.05. The summed E-state index contributed by atoms with van der Waals surface area (Å²) in [6, 6.07) is 5.25. The molecule has 0 radical (unpaired) electrons. The van der Waals surface area contributed by atoms with Crippen LogP contribution >= 0.6 is 0 Å². The van der Waals surface area contributed by atoms with E-state index in [1.54, 1.807) is 24.4 Å². The number of hydrogen-bond donors (Lipinski definition) is 1. The monoisotopic (exact) mass is 349 g/mol. The summed E-state index contributed by atoms with van der Waals surface area (Å²) < 4.78 is 50.6. The molecule has 0 amide bonds. The number of hydrogen-bond acceptors (Lipinski definition) is 5. The highest BCUT2D eigenvalue weighted by molar-refractivity contribution is 7.89. The van der Waals surface area contributed by atoms with Crippen LogP contribution in [-0.2, 0) is 26.6 Å². The molecule has 0 atom stereocenters. The maximum Gasteiger partial charge on any atom is 0.211 e. The van der Waals surface area contributed by atoms with E-state index < -0.39 is 20.0 Å². The Kier molecular flexibility index (Phi) is 7.40. The van der Waals surface area contributed by atoms with E-state index in [-0.39, 0.29) is 25.4 Å². The third kappa shape index (κ3) is 7.30. The van der Waals surface area contributed by atoms with E-state index in [4.69, 9.17) is 0 Å². The van der Waals surface area contributed by atoms with Crippen LogP contribution in [0.5, 0.6) is 0 Å². The van der Waals surface area contributed by atoms with Crippen molar-refractivity contribution in [3.63, 3.8) is 0 Å². The molecule has 1 rings (SSSR count). The van der Waals surface area contributed by atoms with Crippen LogP contribution in [0.2, 0.25) is 0 Å². The molecule has 0 unspecified atom stereocenters. The van der Waals surface area contributed by atoms with E-state index in [0.29, 0.717) is 12.1 Å². The number of aromatic nitrogens is 1. The number of nitrogens with zero attached hydrogens (tertiary/aromatic N) is 2. The lowest BCUT2D eigenvalue weighted by Gasteiger charge is -2.19. The Morgan fingerprint density at radius 2 is 1.95 bits per heavy atom. The van der Waals surface area contributed by atoms with Gasteiger partial charge in [-0.25, -0.2) is 21.6 Å². The standard InChI is InChI=1S/C13H23N3O4S2/c1-3-4-11-22(19,20)15-9-10-16(21(2,17)18)12-13-7-5-6-8-14-13/h5-8,15H,3-4,9-12H2,1-2H3. The SMILES string of the molecule is CCCCS(=O)(=O)NCCN(Cc1ccccn1)S(C)(=O)=O. The average Bonchev–Trinajstić information content (AvgIpc) is 2.44. The second-order valence-corrected chi connectivity index (χ2v) is 8.89. The van der Waals surface area contributed by atoms with Crippen molar-refractivity contribution in [3.05, 3.63) is 30.1 Å². The molecule has 9 heteroatoms. The van der Waals surface area contributed by atoms with Crippen LogP contribution in [0.15, 0.2) is 24.4 Å². The van der Waals surface area contributed by atoms with E-state index in [1.165, 1.54) is 4.31 Å². The summed E-state index contributed by atoms with van der Waals surface area (Å²) in [6.45, 7) is 2.15. The smallest absolute Gasteiger partial charge is 0.211 e. The van der Waals surface area contributed by atoms with Gasteiger partial charge in [-0.1, -0.05) is 19.4 Å². The molecule has 0 bridgehead atoms. The van der Waals surface area contributed by atoms with Crippen LogP contribution in [0.1, 0.15) is 25.5 Å². The number of nitrogens with one attached hydrogen (secondary N) is 1. The first-order chi connectivity index (χ1) is 10.2. The third-order valence-electron chi connectivity index (χ3n) is 2.98. The van der Waals surface area contributed by atoms with Crippen molar-refractivity contribution < 1.29 is 16.8 Å². The van der Waals surface area contributed by atoms with Gasteiger partial charge in [0, 0.05) is 19.3 Å². The van der Waals surface area contributed by atoms with Crippen LogP contribution in [0.3, 0.4) is 0 Å². The van der Waals surface area contributed by atoms with Gasteiger partial charge in [-0.05, 0) is 18.6 Å². The number of unbranched alkanes of at least 4 members (excludes halogenated alkanes) is 1. The van der Waals surface area contributed by atoms with Gasteiger partial charge in [0.25, 0.3) is 0 Å². The predicted octanol–water partition coefficient (Wildman–Crippen LogP) is 0.563. The Morgan fingerprint density at radius 1 is 1.23 bits per heavy atom.